The van der Waals surface area contributed by atoms with E-state index >= 15 is 0 Å². The summed E-state index contributed by atoms with van der Waals surface area (Å²) in [4.78, 5) is 19.3. The minimum absolute atomic E-state index is 0.157. The molecule has 22 heavy (non-hydrogen) atoms. The molecule has 6 heteroatoms. The molecule has 0 atom stereocenters. The topological polar surface area (TPSA) is 84.8 Å². The lowest BCUT2D eigenvalue weighted by Crippen LogP contribution is -2.20. The number of esters is 1. The number of rotatable bonds is 5. The summed E-state index contributed by atoms with van der Waals surface area (Å²) in [6.07, 6.45) is 1.58. The quantitative estimate of drug-likeness (QED) is 0.367. The Morgan fingerprint density at radius 1 is 1.27 bits per heavy atom. The lowest BCUT2D eigenvalue weighted by atomic mass is 10.00. The van der Waals surface area contributed by atoms with Crippen LogP contribution in [0, 0.1) is 0 Å². The SMILES string of the molecule is CCOC(=O)C(=[N+]=[N-])c1ccccc1-c1ccc(OC)cn1. The average Bonchev–Trinajstić information content (AvgIpc) is 2.56. The van der Waals surface area contributed by atoms with Gasteiger partial charge in [0.1, 0.15) is 5.75 Å². The molecule has 0 radical (unpaired) electrons. The van der Waals surface area contributed by atoms with Gasteiger partial charge in [-0.3, -0.25) is 4.98 Å². The first-order chi connectivity index (χ1) is 10.7. The van der Waals surface area contributed by atoms with E-state index in [0.29, 0.717) is 22.6 Å². The van der Waals surface area contributed by atoms with Crippen molar-refractivity contribution in [1.29, 1.82) is 0 Å². The summed E-state index contributed by atoms with van der Waals surface area (Å²) < 4.78 is 9.98. The fourth-order valence-corrected chi connectivity index (χ4v) is 1.98. The van der Waals surface area contributed by atoms with Crippen LogP contribution in [0.4, 0.5) is 0 Å². The Labute approximate surface area is 128 Å². The molecule has 2 rings (SSSR count). The predicted octanol–water partition coefficient (Wildman–Crippen LogP) is 2.34. The molecule has 0 aliphatic carbocycles. The summed E-state index contributed by atoms with van der Waals surface area (Å²) in [6.45, 7) is 1.88. The number of ether oxygens (including phenoxy) is 2. The molecular formula is C16H15N3O3. The van der Waals surface area contributed by atoms with Crippen LogP contribution < -0.4 is 4.74 Å². The van der Waals surface area contributed by atoms with Crippen molar-refractivity contribution in [1.82, 2.24) is 4.98 Å². The number of carbonyl (C=O) groups excluding carboxylic acids is 1. The number of carbonyl (C=O) groups is 1. The maximum Gasteiger partial charge on any atom is 0.422 e. The van der Waals surface area contributed by atoms with Crippen LogP contribution >= 0.6 is 0 Å². The zero-order valence-electron chi connectivity index (χ0n) is 12.3. The van der Waals surface area contributed by atoms with Gasteiger partial charge in [0, 0.05) is 5.56 Å². The highest BCUT2D eigenvalue weighted by atomic mass is 16.5. The Hall–Kier alpha value is -2.98. The Kier molecular flexibility index (Phi) is 5.01. The third-order valence-electron chi connectivity index (χ3n) is 3.00. The summed E-state index contributed by atoms with van der Waals surface area (Å²) in [7, 11) is 1.56. The first kappa shape index (κ1) is 15.4. The largest absolute Gasteiger partial charge is 0.495 e. The zero-order valence-corrected chi connectivity index (χ0v) is 12.3. The molecule has 0 saturated heterocycles. The second kappa shape index (κ2) is 7.15. The first-order valence-electron chi connectivity index (χ1n) is 6.70. The lowest BCUT2D eigenvalue weighted by molar-refractivity contribution is -0.139. The number of methoxy groups -OCH3 is 1. The molecule has 2 aromatic rings. The maximum absolute atomic E-state index is 11.9. The molecule has 0 saturated carbocycles. The monoisotopic (exact) mass is 297 g/mol. The van der Waals surface area contributed by atoms with Crippen LogP contribution in [0.3, 0.4) is 0 Å². The summed E-state index contributed by atoms with van der Waals surface area (Å²) in [6, 6.07) is 10.5. The van der Waals surface area contributed by atoms with Gasteiger partial charge < -0.3 is 15.0 Å². The Morgan fingerprint density at radius 3 is 2.64 bits per heavy atom. The van der Waals surface area contributed by atoms with Crippen LogP contribution in [-0.4, -0.2) is 35.2 Å². The van der Waals surface area contributed by atoms with Crippen LogP contribution in [0.1, 0.15) is 12.5 Å². The number of benzene rings is 1. The minimum atomic E-state index is -0.689. The van der Waals surface area contributed by atoms with Crippen molar-refractivity contribution in [2.75, 3.05) is 13.7 Å². The molecular weight excluding hydrogens is 282 g/mol. The lowest BCUT2D eigenvalue weighted by Gasteiger charge is -2.06. The molecule has 0 bridgehead atoms. The fraction of sp³-hybridized carbons (Fsp3) is 0.188. The molecule has 1 heterocycles. The fourth-order valence-electron chi connectivity index (χ4n) is 1.98. The van der Waals surface area contributed by atoms with Gasteiger partial charge in [-0.25, -0.2) is 4.79 Å². The predicted molar refractivity (Wildman–Crippen MR) is 80.6 cm³/mol. The van der Waals surface area contributed by atoms with Gasteiger partial charge in [-0.2, -0.15) is 4.79 Å². The minimum Gasteiger partial charge on any atom is -0.495 e. The van der Waals surface area contributed by atoms with Crippen molar-refractivity contribution >= 4 is 11.7 Å². The van der Waals surface area contributed by atoms with E-state index in [1.54, 1.807) is 50.6 Å². The maximum atomic E-state index is 11.9. The van der Waals surface area contributed by atoms with Crippen LogP contribution in [0.5, 0.6) is 5.75 Å². The molecule has 0 N–H and O–H groups in total. The molecule has 0 spiro atoms. The molecule has 0 unspecified atom stereocenters. The normalized spacial score (nSPS) is 9.73. The van der Waals surface area contributed by atoms with Gasteiger partial charge in [0.15, 0.2) is 0 Å². The molecule has 112 valence electrons. The molecule has 0 amide bonds. The van der Waals surface area contributed by atoms with E-state index in [-0.39, 0.29) is 12.3 Å². The van der Waals surface area contributed by atoms with Gasteiger partial charge in [-0.1, -0.05) is 18.2 Å². The average molecular weight is 297 g/mol. The molecule has 1 aromatic carbocycles. The van der Waals surface area contributed by atoms with Crippen LogP contribution in [0.15, 0.2) is 42.6 Å². The third-order valence-corrected chi connectivity index (χ3v) is 3.00. The van der Waals surface area contributed by atoms with Crippen molar-refractivity contribution in [2.45, 2.75) is 6.92 Å². The molecule has 1 aromatic heterocycles. The number of hydrogen-bond acceptors (Lipinski definition) is 4. The molecule has 0 aliphatic heterocycles. The van der Waals surface area contributed by atoms with Crippen LogP contribution in [0.25, 0.3) is 16.8 Å². The van der Waals surface area contributed by atoms with E-state index in [4.69, 9.17) is 9.47 Å². The van der Waals surface area contributed by atoms with E-state index in [0.717, 1.165) is 0 Å². The first-order valence-corrected chi connectivity index (χ1v) is 6.70. The van der Waals surface area contributed by atoms with E-state index in [2.05, 4.69) is 9.77 Å². The van der Waals surface area contributed by atoms with Crippen molar-refractivity contribution in [3.63, 3.8) is 0 Å². The summed E-state index contributed by atoms with van der Waals surface area (Å²) >= 11 is 0. The molecule has 6 nitrogen and oxygen atoms in total. The van der Waals surface area contributed by atoms with E-state index in [9.17, 15) is 10.3 Å². The number of nitrogens with zero attached hydrogens (tertiary/aromatic N) is 3. The number of hydrogen-bond donors (Lipinski definition) is 0. The summed E-state index contributed by atoms with van der Waals surface area (Å²) in [5.74, 6) is -0.0614. The van der Waals surface area contributed by atoms with Crippen molar-refractivity contribution < 1.29 is 19.1 Å². The van der Waals surface area contributed by atoms with Gasteiger partial charge in [-0.05, 0) is 25.1 Å². The van der Waals surface area contributed by atoms with Gasteiger partial charge >= 0.3 is 11.7 Å². The van der Waals surface area contributed by atoms with E-state index in [1.807, 2.05) is 6.07 Å². The summed E-state index contributed by atoms with van der Waals surface area (Å²) in [5, 5.41) is 0. The Balaban J connectivity index is 2.49. The smallest absolute Gasteiger partial charge is 0.422 e. The highest BCUT2D eigenvalue weighted by molar-refractivity contribution is 6.42. The van der Waals surface area contributed by atoms with Crippen LogP contribution in [-0.2, 0) is 9.53 Å². The highest BCUT2D eigenvalue weighted by Gasteiger charge is 2.27. The van der Waals surface area contributed by atoms with Gasteiger partial charge in [0.25, 0.3) is 0 Å². The molecule has 0 aliphatic rings. The Bertz CT molecular complexity index is 720. The van der Waals surface area contributed by atoms with Gasteiger partial charge in [-0.15, -0.1) is 0 Å². The number of aromatic nitrogens is 1. The van der Waals surface area contributed by atoms with Crippen LogP contribution in [0.2, 0.25) is 0 Å². The van der Waals surface area contributed by atoms with Crippen molar-refractivity contribution in [2.24, 2.45) is 0 Å². The number of pyridine rings is 1. The third kappa shape index (κ3) is 3.19. The van der Waals surface area contributed by atoms with Gasteiger partial charge in [0.05, 0.1) is 31.2 Å². The second-order valence-electron chi connectivity index (χ2n) is 4.30. The Morgan fingerprint density at radius 2 is 2.05 bits per heavy atom. The van der Waals surface area contributed by atoms with Gasteiger partial charge in [0.2, 0.25) is 0 Å². The van der Waals surface area contributed by atoms with Crippen molar-refractivity contribution in [3.05, 3.63) is 53.7 Å². The van der Waals surface area contributed by atoms with Crippen molar-refractivity contribution in [3.8, 4) is 17.0 Å². The zero-order chi connectivity index (χ0) is 15.9. The standard InChI is InChI=1S/C16H15N3O3/c1-3-22-16(20)15(19-17)13-7-5-4-6-12(13)14-9-8-11(21-2)10-18-14/h4-10H,3H2,1-2H3. The summed E-state index contributed by atoms with van der Waals surface area (Å²) in [5.41, 5.74) is 10.7. The highest BCUT2D eigenvalue weighted by Crippen LogP contribution is 2.23. The second-order valence-corrected chi connectivity index (χ2v) is 4.30. The molecule has 0 fully saturated rings. The van der Waals surface area contributed by atoms with E-state index in [1.165, 1.54) is 0 Å². The van der Waals surface area contributed by atoms with E-state index < -0.39 is 5.97 Å².